The van der Waals surface area contributed by atoms with Crippen LogP contribution in [0.2, 0.25) is 0 Å². The number of nitrogens with one attached hydrogen (secondary N) is 1. The largest absolute Gasteiger partial charge is 0.324 e. The fraction of sp³-hybridized carbons (Fsp3) is 0.182. The summed E-state index contributed by atoms with van der Waals surface area (Å²) in [4.78, 5) is 39.2. The summed E-state index contributed by atoms with van der Waals surface area (Å²) in [5, 5.41) is 6.87. The number of nitrogens with zero attached hydrogens (tertiary/aromatic N) is 3. The van der Waals surface area contributed by atoms with Gasteiger partial charge >= 0.3 is 0 Å². The molecule has 4 rings (SSSR count). The second-order valence-electron chi connectivity index (χ2n) is 6.99. The Balaban J connectivity index is 1.56. The van der Waals surface area contributed by atoms with Crippen molar-refractivity contribution in [2.24, 2.45) is 0 Å². The molecule has 29 heavy (non-hydrogen) atoms. The van der Waals surface area contributed by atoms with Gasteiger partial charge in [0.2, 0.25) is 5.91 Å². The third-order valence-electron chi connectivity index (χ3n) is 4.86. The van der Waals surface area contributed by atoms with Crippen LogP contribution in [0.15, 0.2) is 71.5 Å². The number of carbonyl (C=O) groups excluding carboxylic acids is 2. The second kappa shape index (κ2) is 7.71. The highest BCUT2D eigenvalue weighted by atomic mass is 16.2. The molecule has 1 aliphatic heterocycles. The van der Waals surface area contributed by atoms with Gasteiger partial charge in [-0.15, -0.1) is 0 Å². The van der Waals surface area contributed by atoms with Crippen molar-refractivity contribution in [3.8, 4) is 0 Å². The molecule has 7 heteroatoms. The van der Waals surface area contributed by atoms with Crippen LogP contribution in [0.4, 0.5) is 11.4 Å². The van der Waals surface area contributed by atoms with E-state index < -0.39 is 11.5 Å². The SMILES string of the molecule is C[C@H]1Cc2ccccc2N1C(=O)c1ccc(=O)n(CC(=O)Nc2ccccc2)n1. The normalized spacial score (nSPS) is 15.1. The molecule has 146 valence electrons. The Morgan fingerprint density at radius 3 is 2.55 bits per heavy atom. The van der Waals surface area contributed by atoms with Gasteiger partial charge in [-0.1, -0.05) is 36.4 Å². The number of amides is 2. The van der Waals surface area contributed by atoms with Crippen molar-refractivity contribution in [2.45, 2.75) is 25.9 Å². The molecule has 1 atom stereocenters. The predicted molar refractivity (Wildman–Crippen MR) is 110 cm³/mol. The molecule has 0 radical (unpaired) electrons. The molecule has 0 saturated heterocycles. The molecule has 0 spiro atoms. The van der Waals surface area contributed by atoms with Crippen molar-refractivity contribution in [1.29, 1.82) is 0 Å². The first kappa shape index (κ1) is 18.6. The summed E-state index contributed by atoms with van der Waals surface area (Å²) in [6, 6.07) is 19.3. The zero-order valence-corrected chi connectivity index (χ0v) is 15.9. The van der Waals surface area contributed by atoms with E-state index in [0.717, 1.165) is 22.4 Å². The van der Waals surface area contributed by atoms with Crippen molar-refractivity contribution in [3.63, 3.8) is 0 Å². The zero-order chi connectivity index (χ0) is 20.4. The highest BCUT2D eigenvalue weighted by Crippen LogP contribution is 2.32. The minimum atomic E-state index is -0.445. The molecule has 3 aromatic rings. The van der Waals surface area contributed by atoms with Gasteiger partial charge in [-0.25, -0.2) is 4.68 Å². The number of hydrogen-bond donors (Lipinski definition) is 1. The van der Waals surface area contributed by atoms with Crippen LogP contribution in [0.5, 0.6) is 0 Å². The lowest BCUT2D eigenvalue weighted by Crippen LogP contribution is -2.38. The maximum absolute atomic E-state index is 13.1. The Labute approximate surface area is 167 Å². The number of para-hydroxylation sites is 2. The number of carbonyl (C=O) groups is 2. The Kier molecular flexibility index (Phi) is 4.95. The van der Waals surface area contributed by atoms with Gasteiger partial charge in [0.05, 0.1) is 0 Å². The van der Waals surface area contributed by atoms with Gasteiger partial charge in [0.15, 0.2) is 0 Å². The Hall–Kier alpha value is -3.74. The van der Waals surface area contributed by atoms with E-state index in [1.807, 2.05) is 37.3 Å². The van der Waals surface area contributed by atoms with Crippen molar-refractivity contribution in [3.05, 3.63) is 88.3 Å². The van der Waals surface area contributed by atoms with Gasteiger partial charge in [-0.2, -0.15) is 5.10 Å². The van der Waals surface area contributed by atoms with Crippen LogP contribution in [0.1, 0.15) is 23.0 Å². The van der Waals surface area contributed by atoms with E-state index in [2.05, 4.69) is 10.4 Å². The van der Waals surface area contributed by atoms with Crippen LogP contribution in [-0.2, 0) is 17.8 Å². The first-order chi connectivity index (χ1) is 14.0. The lowest BCUT2D eigenvalue weighted by molar-refractivity contribution is -0.117. The van der Waals surface area contributed by atoms with Gasteiger partial charge in [-0.05, 0) is 43.2 Å². The average molecular weight is 388 g/mol. The number of rotatable bonds is 4. The number of benzene rings is 2. The summed E-state index contributed by atoms with van der Waals surface area (Å²) in [5.41, 5.74) is 2.26. The molecular formula is C22H20N4O3. The first-order valence-electron chi connectivity index (χ1n) is 9.37. The minimum Gasteiger partial charge on any atom is -0.324 e. The average Bonchev–Trinajstić information content (AvgIpc) is 3.05. The van der Waals surface area contributed by atoms with E-state index in [1.54, 1.807) is 29.2 Å². The summed E-state index contributed by atoms with van der Waals surface area (Å²) in [7, 11) is 0. The fourth-order valence-electron chi connectivity index (χ4n) is 3.53. The summed E-state index contributed by atoms with van der Waals surface area (Å²) >= 11 is 0. The van der Waals surface area contributed by atoms with E-state index >= 15 is 0 Å². The van der Waals surface area contributed by atoms with Crippen LogP contribution in [-0.4, -0.2) is 27.6 Å². The summed E-state index contributed by atoms with van der Waals surface area (Å²) in [6.07, 6.45) is 0.765. The van der Waals surface area contributed by atoms with Crippen LogP contribution in [0.3, 0.4) is 0 Å². The molecule has 0 aliphatic carbocycles. The summed E-state index contributed by atoms with van der Waals surface area (Å²) < 4.78 is 1.01. The Bertz CT molecular complexity index is 1120. The molecule has 2 amide bonds. The highest BCUT2D eigenvalue weighted by Gasteiger charge is 2.32. The molecule has 0 fully saturated rings. The molecule has 2 aromatic carbocycles. The highest BCUT2D eigenvalue weighted by molar-refractivity contribution is 6.06. The van der Waals surface area contributed by atoms with Crippen LogP contribution >= 0.6 is 0 Å². The number of aromatic nitrogens is 2. The third-order valence-corrected chi connectivity index (χ3v) is 4.86. The minimum absolute atomic E-state index is 0.0107. The molecule has 1 N–H and O–H groups in total. The maximum Gasteiger partial charge on any atom is 0.278 e. The van der Waals surface area contributed by atoms with E-state index in [-0.39, 0.29) is 24.2 Å². The predicted octanol–water partition coefficient (Wildman–Crippen LogP) is 2.47. The van der Waals surface area contributed by atoms with E-state index in [0.29, 0.717) is 5.69 Å². The zero-order valence-electron chi connectivity index (χ0n) is 15.9. The topological polar surface area (TPSA) is 84.3 Å². The van der Waals surface area contributed by atoms with Crippen molar-refractivity contribution >= 4 is 23.2 Å². The summed E-state index contributed by atoms with van der Waals surface area (Å²) in [5.74, 6) is -0.685. The van der Waals surface area contributed by atoms with Gasteiger partial charge < -0.3 is 10.2 Å². The third kappa shape index (κ3) is 3.80. The number of hydrogen-bond acceptors (Lipinski definition) is 4. The van der Waals surface area contributed by atoms with Crippen molar-refractivity contribution in [2.75, 3.05) is 10.2 Å². The Morgan fingerprint density at radius 1 is 1.03 bits per heavy atom. The van der Waals surface area contributed by atoms with Crippen LogP contribution < -0.4 is 15.8 Å². The standard InChI is InChI=1S/C22H20N4O3/c1-15-13-16-7-5-6-10-19(16)26(15)22(29)18-11-12-21(28)25(24-18)14-20(27)23-17-8-3-2-4-9-17/h2-12,15H,13-14H2,1H3,(H,23,27)/t15-/m0/s1. The molecule has 0 unspecified atom stereocenters. The second-order valence-corrected chi connectivity index (χ2v) is 6.99. The van der Waals surface area contributed by atoms with Crippen molar-refractivity contribution < 1.29 is 9.59 Å². The lowest BCUT2D eigenvalue weighted by atomic mass is 10.1. The fourth-order valence-corrected chi connectivity index (χ4v) is 3.53. The van der Waals surface area contributed by atoms with Gasteiger partial charge in [0, 0.05) is 23.5 Å². The smallest absolute Gasteiger partial charge is 0.278 e. The molecule has 1 aliphatic rings. The van der Waals surface area contributed by atoms with E-state index in [4.69, 9.17) is 0 Å². The molecule has 7 nitrogen and oxygen atoms in total. The van der Waals surface area contributed by atoms with Gasteiger partial charge in [-0.3, -0.25) is 14.4 Å². The molecule has 0 saturated carbocycles. The lowest BCUT2D eigenvalue weighted by Gasteiger charge is -2.22. The van der Waals surface area contributed by atoms with Gasteiger partial charge in [0.1, 0.15) is 12.2 Å². The number of anilines is 2. The molecule has 2 heterocycles. The quantitative estimate of drug-likeness (QED) is 0.744. The maximum atomic E-state index is 13.1. The monoisotopic (exact) mass is 388 g/mol. The van der Waals surface area contributed by atoms with Crippen molar-refractivity contribution in [1.82, 2.24) is 9.78 Å². The Morgan fingerprint density at radius 2 is 1.76 bits per heavy atom. The van der Waals surface area contributed by atoms with E-state index in [9.17, 15) is 14.4 Å². The molecule has 0 bridgehead atoms. The summed E-state index contributed by atoms with van der Waals surface area (Å²) in [6.45, 7) is 1.70. The van der Waals surface area contributed by atoms with Gasteiger partial charge in [0.25, 0.3) is 11.5 Å². The van der Waals surface area contributed by atoms with Crippen LogP contribution in [0.25, 0.3) is 0 Å². The number of fused-ring (bicyclic) bond motifs is 1. The molecular weight excluding hydrogens is 368 g/mol. The van der Waals surface area contributed by atoms with E-state index in [1.165, 1.54) is 12.1 Å². The molecule has 1 aromatic heterocycles. The van der Waals surface area contributed by atoms with Crippen LogP contribution in [0, 0.1) is 0 Å². The first-order valence-corrected chi connectivity index (χ1v) is 9.37.